The van der Waals surface area contributed by atoms with E-state index in [9.17, 15) is 0 Å². The van der Waals surface area contributed by atoms with E-state index in [0.29, 0.717) is 0 Å². The van der Waals surface area contributed by atoms with Gasteiger partial charge in [-0.25, -0.2) is 9.97 Å². The topological polar surface area (TPSA) is 37.8 Å². The third-order valence-electron chi connectivity index (χ3n) is 2.62. The first-order valence-electron chi connectivity index (χ1n) is 5.86. The van der Waals surface area contributed by atoms with Crippen LogP contribution in [0.5, 0.6) is 0 Å². The summed E-state index contributed by atoms with van der Waals surface area (Å²) in [6, 6.07) is 2.02. The Morgan fingerprint density at radius 2 is 2.20 bits per heavy atom. The van der Waals surface area contributed by atoms with E-state index in [1.54, 1.807) is 0 Å². The maximum Gasteiger partial charge on any atom is 0.131 e. The SMILES string of the molecule is CCCNc1cc(C)nc(CC2CC2)n1. The van der Waals surface area contributed by atoms with E-state index in [2.05, 4.69) is 22.2 Å². The zero-order chi connectivity index (χ0) is 10.7. The minimum Gasteiger partial charge on any atom is -0.370 e. The summed E-state index contributed by atoms with van der Waals surface area (Å²) in [5, 5.41) is 3.32. The highest BCUT2D eigenvalue weighted by Crippen LogP contribution is 2.31. The smallest absolute Gasteiger partial charge is 0.131 e. The molecule has 0 atom stereocenters. The molecule has 0 bridgehead atoms. The number of hydrogen-bond acceptors (Lipinski definition) is 3. The summed E-state index contributed by atoms with van der Waals surface area (Å²) in [5.74, 6) is 2.85. The molecule has 0 amide bonds. The molecule has 3 heteroatoms. The van der Waals surface area contributed by atoms with Gasteiger partial charge >= 0.3 is 0 Å². The number of nitrogens with zero attached hydrogens (tertiary/aromatic N) is 2. The first-order valence-corrected chi connectivity index (χ1v) is 5.86. The average molecular weight is 205 g/mol. The number of rotatable bonds is 5. The molecular weight excluding hydrogens is 186 g/mol. The molecule has 0 unspecified atom stereocenters. The average Bonchev–Trinajstić information content (AvgIpc) is 2.98. The van der Waals surface area contributed by atoms with Crippen LogP contribution in [0, 0.1) is 12.8 Å². The Labute approximate surface area is 91.3 Å². The van der Waals surface area contributed by atoms with Crippen LogP contribution in [-0.2, 0) is 6.42 Å². The van der Waals surface area contributed by atoms with E-state index >= 15 is 0 Å². The number of aromatic nitrogens is 2. The van der Waals surface area contributed by atoms with E-state index in [0.717, 1.165) is 42.6 Å². The van der Waals surface area contributed by atoms with E-state index in [1.807, 2.05) is 13.0 Å². The van der Waals surface area contributed by atoms with Gasteiger partial charge in [-0.2, -0.15) is 0 Å². The van der Waals surface area contributed by atoms with Crippen molar-refractivity contribution in [3.63, 3.8) is 0 Å². The molecule has 0 aromatic carbocycles. The molecule has 82 valence electrons. The molecule has 0 radical (unpaired) electrons. The summed E-state index contributed by atoms with van der Waals surface area (Å²) in [5.41, 5.74) is 1.07. The standard InChI is InChI=1S/C12H19N3/c1-3-6-13-11-7-9(2)14-12(15-11)8-10-4-5-10/h7,10H,3-6,8H2,1-2H3,(H,13,14,15). The van der Waals surface area contributed by atoms with Gasteiger partial charge in [-0.1, -0.05) is 6.92 Å². The minimum absolute atomic E-state index is 0.853. The molecule has 1 fully saturated rings. The van der Waals surface area contributed by atoms with E-state index in [-0.39, 0.29) is 0 Å². The lowest BCUT2D eigenvalue weighted by Gasteiger charge is -2.07. The van der Waals surface area contributed by atoms with Gasteiger partial charge in [-0.3, -0.25) is 0 Å². The second-order valence-corrected chi connectivity index (χ2v) is 4.39. The summed E-state index contributed by atoms with van der Waals surface area (Å²) >= 11 is 0. The monoisotopic (exact) mass is 205 g/mol. The summed E-state index contributed by atoms with van der Waals surface area (Å²) in [7, 11) is 0. The van der Waals surface area contributed by atoms with Crippen molar-refractivity contribution in [2.75, 3.05) is 11.9 Å². The molecule has 15 heavy (non-hydrogen) atoms. The third kappa shape index (κ3) is 3.18. The van der Waals surface area contributed by atoms with E-state index in [4.69, 9.17) is 0 Å². The fraction of sp³-hybridized carbons (Fsp3) is 0.667. The molecule has 1 saturated carbocycles. The molecule has 0 aliphatic heterocycles. The molecule has 0 saturated heterocycles. The van der Waals surface area contributed by atoms with Gasteiger partial charge in [0.05, 0.1) is 0 Å². The zero-order valence-electron chi connectivity index (χ0n) is 9.58. The Morgan fingerprint density at radius 3 is 2.87 bits per heavy atom. The second-order valence-electron chi connectivity index (χ2n) is 4.39. The van der Waals surface area contributed by atoms with Crippen LogP contribution in [0.2, 0.25) is 0 Å². The lowest BCUT2D eigenvalue weighted by Crippen LogP contribution is -2.06. The van der Waals surface area contributed by atoms with Gasteiger partial charge in [0, 0.05) is 24.7 Å². The third-order valence-corrected chi connectivity index (χ3v) is 2.62. The van der Waals surface area contributed by atoms with Crippen LogP contribution < -0.4 is 5.32 Å². The number of hydrogen-bond donors (Lipinski definition) is 1. The van der Waals surface area contributed by atoms with Gasteiger partial charge in [0.15, 0.2) is 0 Å². The molecule has 0 spiro atoms. The van der Waals surface area contributed by atoms with Crippen LogP contribution in [-0.4, -0.2) is 16.5 Å². The molecular formula is C12H19N3. The summed E-state index contributed by atoms with van der Waals surface area (Å²) in [4.78, 5) is 9.00. The van der Waals surface area contributed by atoms with Crippen LogP contribution in [0.1, 0.15) is 37.7 Å². The normalized spacial score (nSPS) is 15.3. The Hall–Kier alpha value is -1.12. The Balaban J connectivity index is 2.05. The first kappa shape index (κ1) is 10.4. The van der Waals surface area contributed by atoms with Crippen molar-refractivity contribution in [1.29, 1.82) is 0 Å². The highest BCUT2D eigenvalue weighted by Gasteiger charge is 2.22. The first-order chi connectivity index (χ1) is 7.28. The molecule has 1 aromatic rings. The van der Waals surface area contributed by atoms with Crippen molar-refractivity contribution in [1.82, 2.24) is 9.97 Å². The summed E-state index contributed by atoms with van der Waals surface area (Å²) < 4.78 is 0. The number of aryl methyl sites for hydroxylation is 1. The fourth-order valence-electron chi connectivity index (χ4n) is 1.65. The van der Waals surface area contributed by atoms with Crippen molar-refractivity contribution in [2.24, 2.45) is 5.92 Å². The van der Waals surface area contributed by atoms with Crippen molar-refractivity contribution in [2.45, 2.75) is 39.5 Å². The van der Waals surface area contributed by atoms with Crippen molar-refractivity contribution >= 4 is 5.82 Å². The molecule has 1 N–H and O–H groups in total. The summed E-state index contributed by atoms with van der Waals surface area (Å²) in [6.45, 7) is 5.18. The predicted octanol–water partition coefficient (Wildman–Crippen LogP) is 2.56. The maximum atomic E-state index is 4.53. The summed E-state index contributed by atoms with van der Waals surface area (Å²) in [6.07, 6.45) is 4.90. The molecule has 1 aliphatic carbocycles. The second kappa shape index (κ2) is 4.60. The van der Waals surface area contributed by atoms with Crippen LogP contribution >= 0.6 is 0 Å². The van der Waals surface area contributed by atoms with Crippen LogP contribution in [0.25, 0.3) is 0 Å². The zero-order valence-corrected chi connectivity index (χ0v) is 9.58. The number of anilines is 1. The molecule has 1 heterocycles. The maximum absolute atomic E-state index is 4.53. The Kier molecular flexibility index (Phi) is 3.19. The van der Waals surface area contributed by atoms with Crippen molar-refractivity contribution in [3.05, 3.63) is 17.6 Å². The molecule has 1 aromatic heterocycles. The van der Waals surface area contributed by atoms with Gasteiger partial charge in [-0.15, -0.1) is 0 Å². The quantitative estimate of drug-likeness (QED) is 0.802. The minimum atomic E-state index is 0.853. The van der Waals surface area contributed by atoms with Crippen LogP contribution in [0.4, 0.5) is 5.82 Å². The van der Waals surface area contributed by atoms with Gasteiger partial charge in [0.2, 0.25) is 0 Å². The molecule has 3 nitrogen and oxygen atoms in total. The predicted molar refractivity (Wildman–Crippen MR) is 62.0 cm³/mol. The Morgan fingerprint density at radius 1 is 1.40 bits per heavy atom. The van der Waals surface area contributed by atoms with Gasteiger partial charge in [-0.05, 0) is 32.1 Å². The number of nitrogens with one attached hydrogen (secondary N) is 1. The molecule has 1 aliphatic rings. The fourth-order valence-corrected chi connectivity index (χ4v) is 1.65. The van der Waals surface area contributed by atoms with Crippen LogP contribution in [0.15, 0.2) is 6.07 Å². The van der Waals surface area contributed by atoms with Gasteiger partial charge in [0.25, 0.3) is 0 Å². The lowest BCUT2D eigenvalue weighted by molar-refractivity contribution is 0.763. The van der Waals surface area contributed by atoms with Crippen molar-refractivity contribution in [3.8, 4) is 0 Å². The van der Waals surface area contributed by atoms with E-state index < -0.39 is 0 Å². The lowest BCUT2D eigenvalue weighted by atomic mass is 10.2. The van der Waals surface area contributed by atoms with Gasteiger partial charge < -0.3 is 5.32 Å². The largest absolute Gasteiger partial charge is 0.370 e. The Bertz CT molecular complexity index is 332. The highest BCUT2D eigenvalue weighted by atomic mass is 15.0. The molecule has 2 rings (SSSR count). The van der Waals surface area contributed by atoms with E-state index in [1.165, 1.54) is 12.8 Å². The highest BCUT2D eigenvalue weighted by molar-refractivity contribution is 5.35. The van der Waals surface area contributed by atoms with Crippen molar-refractivity contribution < 1.29 is 0 Å². The van der Waals surface area contributed by atoms with Gasteiger partial charge in [0.1, 0.15) is 11.6 Å². The van der Waals surface area contributed by atoms with Crippen LogP contribution in [0.3, 0.4) is 0 Å².